The van der Waals surface area contributed by atoms with Gasteiger partial charge in [0.15, 0.2) is 0 Å². The van der Waals surface area contributed by atoms with Crippen molar-refractivity contribution in [3.8, 4) is 38.8 Å². The molecule has 0 spiro atoms. The Bertz CT molecular complexity index is 2870. The number of anilines is 2. The summed E-state index contributed by atoms with van der Waals surface area (Å²) in [5, 5.41) is 17.7. The fraction of sp³-hybridized carbons (Fsp3) is 0.260. The highest BCUT2D eigenvalue weighted by Gasteiger charge is 2.15. The molecule has 2 aromatic heterocycles. The van der Waals surface area contributed by atoms with Gasteiger partial charge in [0.2, 0.25) is 17.7 Å². The fourth-order valence-electron chi connectivity index (χ4n) is 7.70. The first-order valence-electron chi connectivity index (χ1n) is 21.6. The monoisotopic (exact) mass is 857 g/mol. The zero-order valence-electron chi connectivity index (χ0n) is 35.9. The third-order valence-corrected chi connectivity index (χ3v) is 12.1. The summed E-state index contributed by atoms with van der Waals surface area (Å²) in [4.78, 5) is 43.3. The van der Waals surface area contributed by atoms with Crippen LogP contribution in [0.3, 0.4) is 0 Å². The van der Waals surface area contributed by atoms with Crippen LogP contribution in [0.1, 0.15) is 51.5 Å². The first-order chi connectivity index (χ1) is 30.9. The van der Waals surface area contributed by atoms with Crippen molar-refractivity contribution < 1.29 is 14.3 Å². The Morgan fingerprint density at radius 3 is 2.41 bits per heavy atom. The van der Waals surface area contributed by atoms with Crippen LogP contribution in [0.4, 0.5) is 11.4 Å². The lowest BCUT2D eigenvalue weighted by molar-refractivity contribution is -0.126. The Kier molecular flexibility index (Phi) is 13.7. The molecule has 2 aliphatic rings. The van der Waals surface area contributed by atoms with Crippen LogP contribution in [-0.4, -0.2) is 70.1 Å². The van der Waals surface area contributed by atoms with Gasteiger partial charge in [-0.05, 0) is 80.3 Å². The number of pyridine rings is 1. The lowest BCUT2D eigenvalue weighted by Crippen LogP contribution is -2.28. The van der Waals surface area contributed by atoms with Crippen molar-refractivity contribution in [3.63, 3.8) is 0 Å². The number of carbonyl (C=O) groups is 2. The topological polar surface area (TPSA) is 140 Å². The van der Waals surface area contributed by atoms with Crippen molar-refractivity contribution in [1.82, 2.24) is 30.3 Å². The number of hydrogen-bond acceptors (Lipinski definition) is 10. The van der Waals surface area contributed by atoms with Gasteiger partial charge < -0.3 is 20.3 Å². The van der Waals surface area contributed by atoms with E-state index in [1.165, 1.54) is 10.4 Å². The quantitative estimate of drug-likeness (QED) is 0.0377. The zero-order chi connectivity index (χ0) is 43.5. The van der Waals surface area contributed by atoms with Crippen molar-refractivity contribution in [1.29, 1.82) is 0 Å². The number of carbonyl (C=O) groups excluding carboxylic acids is 2. The number of aromatic nitrogens is 5. The summed E-state index contributed by atoms with van der Waals surface area (Å²) in [6.45, 7) is 8.08. The maximum absolute atomic E-state index is 12.8. The molecule has 1 aliphatic carbocycles. The van der Waals surface area contributed by atoms with Gasteiger partial charge in [0.1, 0.15) is 12.1 Å². The minimum absolute atomic E-state index is 0.254. The number of unbranched alkanes of at least 4 members (excludes halogenated alkanes) is 3. The summed E-state index contributed by atoms with van der Waals surface area (Å²) in [6.07, 6.45) is 7.14. The molecule has 0 unspecified atom stereocenters. The summed E-state index contributed by atoms with van der Waals surface area (Å²) in [7, 11) is 1.60. The highest BCUT2D eigenvalue weighted by molar-refractivity contribution is 7.21. The van der Waals surface area contributed by atoms with Gasteiger partial charge in [-0.2, -0.15) is 0 Å². The van der Waals surface area contributed by atoms with E-state index < -0.39 is 0 Å². The number of benzene rings is 5. The largest absolute Gasteiger partial charge is 0.481 e. The SMILES string of the molecule is CCN(CC)c1ccc2nc3c4ccccc4c(=NCCCCCCNC(=O)CC(=O)Nc4cccc(-c5cn(Cc6ccc(-c7ccc(OC)nc7)cc6)nn5)c4)cc-3sc2c1. The van der Waals surface area contributed by atoms with Crippen LogP contribution in [0, 0.1) is 0 Å². The van der Waals surface area contributed by atoms with E-state index in [2.05, 4.69) is 117 Å². The highest BCUT2D eigenvalue weighted by atomic mass is 32.1. The van der Waals surface area contributed by atoms with E-state index in [4.69, 9.17) is 14.7 Å². The molecule has 13 heteroatoms. The standard InChI is InChI=1S/C50H51N9O3S/c1-4-58(5-2)39-22-23-42-45(28-39)63-46-29-43(40-15-8-9-16-41(40)50(46)55-42)51-25-10-6-7-11-26-52-47(60)30-48(61)54-38-14-12-13-36(27-38)44-33-59(57-56-44)32-34-17-19-35(20-18-34)37-21-24-49(62-3)53-31-37/h8-9,12-24,27-29,31,33H,4-7,10-11,25-26,30,32H2,1-3H3,(H,52,60)(H,54,61). The smallest absolute Gasteiger partial charge is 0.233 e. The van der Waals surface area contributed by atoms with Crippen LogP contribution in [0.25, 0.3) is 53.9 Å². The molecule has 0 radical (unpaired) electrons. The van der Waals surface area contributed by atoms with E-state index in [1.807, 2.05) is 36.5 Å². The molecule has 12 nitrogen and oxygen atoms in total. The second-order valence-corrected chi connectivity index (χ2v) is 16.4. The molecule has 2 N–H and O–H groups in total. The molecule has 4 aromatic carbocycles. The van der Waals surface area contributed by atoms with E-state index in [-0.39, 0.29) is 18.2 Å². The van der Waals surface area contributed by atoms with E-state index in [0.29, 0.717) is 30.4 Å². The second-order valence-electron chi connectivity index (χ2n) is 15.4. The Morgan fingerprint density at radius 1 is 0.810 bits per heavy atom. The molecule has 0 saturated carbocycles. The minimum atomic E-state index is -0.376. The van der Waals surface area contributed by atoms with Crippen LogP contribution >= 0.6 is 11.3 Å². The van der Waals surface area contributed by atoms with Gasteiger partial charge in [-0.15, -0.1) is 16.4 Å². The number of fused-ring (bicyclic) bond motifs is 4. The number of rotatable bonds is 18. The maximum Gasteiger partial charge on any atom is 0.233 e. The average molecular weight is 858 g/mol. The van der Waals surface area contributed by atoms with Gasteiger partial charge in [-0.1, -0.05) is 78.7 Å². The van der Waals surface area contributed by atoms with Crippen molar-refractivity contribution in [2.45, 2.75) is 52.5 Å². The Morgan fingerprint density at radius 2 is 1.62 bits per heavy atom. The Hall–Kier alpha value is -6.99. The van der Waals surface area contributed by atoms with Gasteiger partial charge in [0.05, 0.1) is 46.0 Å². The number of ether oxygens (including phenoxy) is 1. The summed E-state index contributed by atoms with van der Waals surface area (Å²) >= 11 is 1.78. The number of nitrogens with zero attached hydrogens (tertiary/aromatic N) is 7. The molecule has 0 bridgehead atoms. The molecule has 320 valence electrons. The zero-order valence-corrected chi connectivity index (χ0v) is 36.7. The normalized spacial score (nSPS) is 11.6. The molecule has 0 fully saturated rings. The van der Waals surface area contributed by atoms with Crippen LogP contribution < -0.4 is 25.6 Å². The molecule has 63 heavy (non-hydrogen) atoms. The van der Waals surface area contributed by atoms with Crippen LogP contribution in [-0.2, 0) is 16.1 Å². The maximum atomic E-state index is 12.8. The highest BCUT2D eigenvalue weighted by Crippen LogP contribution is 2.36. The summed E-state index contributed by atoms with van der Waals surface area (Å²) in [5.41, 5.74) is 8.46. The van der Waals surface area contributed by atoms with Crippen molar-refractivity contribution in [2.75, 3.05) is 43.5 Å². The van der Waals surface area contributed by atoms with Gasteiger partial charge in [-0.3, -0.25) is 14.6 Å². The van der Waals surface area contributed by atoms with Crippen molar-refractivity contribution in [2.24, 2.45) is 4.99 Å². The number of amides is 2. The predicted molar refractivity (Wildman–Crippen MR) is 253 cm³/mol. The molecule has 6 aromatic rings. The minimum Gasteiger partial charge on any atom is -0.481 e. The Balaban J connectivity index is 0.773. The molecule has 8 rings (SSSR count). The Labute approximate surface area is 371 Å². The van der Waals surface area contributed by atoms with Gasteiger partial charge in [0.25, 0.3) is 0 Å². The first-order valence-corrected chi connectivity index (χ1v) is 22.4. The lowest BCUT2D eigenvalue weighted by atomic mass is 10.1. The average Bonchev–Trinajstić information content (AvgIpc) is 3.78. The summed E-state index contributed by atoms with van der Waals surface area (Å²) in [6, 6.07) is 36.6. The van der Waals surface area contributed by atoms with Crippen molar-refractivity contribution >= 4 is 55.5 Å². The predicted octanol–water partition coefficient (Wildman–Crippen LogP) is 9.38. The van der Waals surface area contributed by atoms with Crippen LogP contribution in [0.2, 0.25) is 0 Å². The van der Waals surface area contributed by atoms with Crippen molar-refractivity contribution in [3.05, 3.63) is 133 Å². The van der Waals surface area contributed by atoms with E-state index in [9.17, 15) is 9.59 Å². The molecule has 0 saturated heterocycles. The van der Waals surface area contributed by atoms with E-state index in [0.717, 1.165) is 99.8 Å². The molecule has 1 aliphatic heterocycles. The van der Waals surface area contributed by atoms with Gasteiger partial charge >= 0.3 is 0 Å². The number of nitrogens with one attached hydrogen (secondary N) is 2. The summed E-state index contributed by atoms with van der Waals surface area (Å²) < 4.78 is 8.11. The number of hydrogen-bond donors (Lipinski definition) is 2. The second kappa shape index (κ2) is 20.3. The lowest BCUT2D eigenvalue weighted by Gasteiger charge is -2.21. The van der Waals surface area contributed by atoms with Crippen LogP contribution in [0.15, 0.2) is 127 Å². The number of methoxy groups -OCH3 is 1. The third-order valence-electron chi connectivity index (χ3n) is 11.1. The first kappa shape index (κ1) is 42.7. The van der Waals surface area contributed by atoms with E-state index in [1.54, 1.807) is 35.4 Å². The fourth-order valence-corrected chi connectivity index (χ4v) is 8.76. The van der Waals surface area contributed by atoms with E-state index >= 15 is 0 Å². The molecule has 2 amide bonds. The molecule has 3 heterocycles. The van der Waals surface area contributed by atoms with Crippen LogP contribution in [0.5, 0.6) is 5.88 Å². The summed E-state index contributed by atoms with van der Waals surface area (Å²) in [5.74, 6) is -0.0970. The third kappa shape index (κ3) is 10.6. The molecule has 0 atom stereocenters. The molecular formula is C50H51N9O3S. The van der Waals surface area contributed by atoms with Gasteiger partial charge in [0, 0.05) is 71.7 Å². The molecular weight excluding hydrogens is 807 g/mol. The van der Waals surface area contributed by atoms with Gasteiger partial charge in [-0.25, -0.2) is 14.6 Å².